The summed E-state index contributed by atoms with van der Waals surface area (Å²) in [5.74, 6) is 0.794. The molecule has 0 fully saturated rings. The highest BCUT2D eigenvalue weighted by atomic mass is 32.2. The zero-order valence-electron chi connectivity index (χ0n) is 15.7. The molecule has 1 amide bonds. The molecule has 140 valence electrons. The first-order chi connectivity index (χ1) is 13.2. The van der Waals surface area contributed by atoms with Crippen LogP contribution < -0.4 is 5.32 Å². The first-order valence-electron chi connectivity index (χ1n) is 8.98. The van der Waals surface area contributed by atoms with Crippen molar-refractivity contribution in [3.8, 4) is 0 Å². The second kappa shape index (κ2) is 9.37. The van der Waals surface area contributed by atoms with E-state index in [9.17, 15) is 4.79 Å². The lowest BCUT2D eigenvalue weighted by Crippen LogP contribution is -2.25. The molecule has 0 radical (unpaired) electrons. The molecule has 3 aromatic rings. The van der Waals surface area contributed by atoms with E-state index >= 15 is 0 Å². The number of amides is 1. The summed E-state index contributed by atoms with van der Waals surface area (Å²) in [6, 6.07) is 18.5. The van der Waals surface area contributed by atoms with Crippen molar-refractivity contribution >= 4 is 17.7 Å². The average molecular weight is 381 g/mol. The zero-order chi connectivity index (χ0) is 19.1. The van der Waals surface area contributed by atoms with E-state index in [0.717, 1.165) is 17.4 Å². The maximum absolute atomic E-state index is 12.2. The summed E-state index contributed by atoms with van der Waals surface area (Å²) in [7, 11) is 0. The highest BCUT2D eigenvalue weighted by Gasteiger charge is 2.13. The van der Waals surface area contributed by atoms with E-state index in [1.54, 1.807) is 11.8 Å². The summed E-state index contributed by atoms with van der Waals surface area (Å²) in [6.07, 6.45) is 3.18. The van der Waals surface area contributed by atoms with Crippen molar-refractivity contribution < 1.29 is 4.79 Å². The maximum atomic E-state index is 12.2. The van der Waals surface area contributed by atoms with Crippen molar-refractivity contribution in [3.05, 3.63) is 77.1 Å². The van der Waals surface area contributed by atoms with E-state index in [2.05, 4.69) is 63.4 Å². The lowest BCUT2D eigenvalue weighted by molar-refractivity contribution is -0.121. The Morgan fingerprint density at radius 1 is 1.04 bits per heavy atom. The third-order valence-corrected chi connectivity index (χ3v) is 5.03. The minimum absolute atomic E-state index is 0.0236. The number of hydrogen-bond acceptors (Lipinski definition) is 4. The predicted octanol–water partition coefficient (Wildman–Crippen LogP) is 3.61. The molecule has 3 rings (SSSR count). The topological polar surface area (TPSA) is 59.8 Å². The monoisotopic (exact) mass is 380 g/mol. The number of aryl methyl sites for hydroxylation is 2. The van der Waals surface area contributed by atoms with Gasteiger partial charge in [-0.2, -0.15) is 0 Å². The third kappa shape index (κ3) is 5.44. The van der Waals surface area contributed by atoms with Gasteiger partial charge < -0.3 is 9.88 Å². The Morgan fingerprint density at radius 3 is 2.48 bits per heavy atom. The van der Waals surface area contributed by atoms with Gasteiger partial charge in [0.15, 0.2) is 11.0 Å². The Bertz CT molecular complexity index is 875. The Balaban J connectivity index is 1.57. The quantitative estimate of drug-likeness (QED) is 0.607. The zero-order valence-corrected chi connectivity index (χ0v) is 16.5. The maximum Gasteiger partial charge on any atom is 0.220 e. The third-order valence-electron chi connectivity index (χ3n) is 4.36. The predicted molar refractivity (Wildman–Crippen MR) is 109 cm³/mol. The second-order valence-electron chi connectivity index (χ2n) is 6.44. The molecule has 1 N–H and O–H groups in total. The highest BCUT2D eigenvalue weighted by Crippen LogP contribution is 2.16. The molecular formula is C21H24N4OS. The molecular weight excluding hydrogens is 356 g/mol. The molecule has 0 aliphatic heterocycles. The van der Waals surface area contributed by atoms with Crippen molar-refractivity contribution in [2.45, 2.75) is 38.0 Å². The molecule has 27 heavy (non-hydrogen) atoms. The largest absolute Gasteiger partial charge is 0.349 e. The molecule has 0 unspecified atom stereocenters. The van der Waals surface area contributed by atoms with E-state index in [0.29, 0.717) is 19.5 Å². The minimum atomic E-state index is 0.0236. The molecule has 0 bridgehead atoms. The SMILES string of the molecule is CSc1nnc(CNC(=O)CCc2ccc(C)cc2)n1Cc1ccccc1. The first kappa shape index (κ1) is 19.2. The lowest BCUT2D eigenvalue weighted by Gasteiger charge is -2.10. The van der Waals surface area contributed by atoms with Gasteiger partial charge in [-0.05, 0) is 30.7 Å². The Hall–Kier alpha value is -2.60. The fourth-order valence-corrected chi connectivity index (χ4v) is 3.32. The summed E-state index contributed by atoms with van der Waals surface area (Å²) in [5, 5.41) is 12.3. The summed E-state index contributed by atoms with van der Waals surface area (Å²) < 4.78 is 2.06. The van der Waals surface area contributed by atoms with Gasteiger partial charge in [0.1, 0.15) is 0 Å². The second-order valence-corrected chi connectivity index (χ2v) is 7.21. The van der Waals surface area contributed by atoms with E-state index in [1.807, 2.05) is 24.5 Å². The first-order valence-corrected chi connectivity index (χ1v) is 10.2. The standard InChI is InChI=1S/C21H24N4OS/c1-16-8-10-17(11-9-16)12-13-20(26)22-14-19-23-24-21(27-2)25(19)15-18-6-4-3-5-7-18/h3-11H,12-15H2,1-2H3,(H,22,26). The highest BCUT2D eigenvalue weighted by molar-refractivity contribution is 7.98. The molecule has 2 aromatic carbocycles. The van der Waals surface area contributed by atoms with E-state index < -0.39 is 0 Å². The molecule has 0 saturated heterocycles. The number of aromatic nitrogens is 3. The molecule has 0 spiro atoms. The van der Waals surface area contributed by atoms with Crippen LogP contribution in [0.1, 0.15) is 28.9 Å². The van der Waals surface area contributed by atoms with Crippen molar-refractivity contribution in [1.82, 2.24) is 20.1 Å². The van der Waals surface area contributed by atoms with Crippen LogP contribution in [-0.4, -0.2) is 26.9 Å². The van der Waals surface area contributed by atoms with Crippen molar-refractivity contribution in [1.29, 1.82) is 0 Å². The summed E-state index contributed by atoms with van der Waals surface area (Å²) in [4.78, 5) is 12.2. The Labute approximate surface area is 164 Å². The fourth-order valence-electron chi connectivity index (χ4n) is 2.80. The molecule has 0 aliphatic rings. The van der Waals surface area contributed by atoms with Gasteiger partial charge in [0.25, 0.3) is 0 Å². The number of hydrogen-bond donors (Lipinski definition) is 1. The molecule has 0 atom stereocenters. The number of thioether (sulfide) groups is 1. The van der Waals surface area contributed by atoms with Gasteiger partial charge >= 0.3 is 0 Å². The van der Waals surface area contributed by atoms with Crippen LogP contribution in [0.5, 0.6) is 0 Å². The van der Waals surface area contributed by atoms with Crippen LogP contribution in [0.3, 0.4) is 0 Å². The molecule has 0 aliphatic carbocycles. The van der Waals surface area contributed by atoms with Gasteiger partial charge in [0, 0.05) is 6.42 Å². The smallest absolute Gasteiger partial charge is 0.220 e. The number of nitrogens with zero attached hydrogens (tertiary/aromatic N) is 3. The molecule has 5 nitrogen and oxygen atoms in total. The van der Waals surface area contributed by atoms with E-state index in [-0.39, 0.29) is 5.91 Å². The summed E-state index contributed by atoms with van der Waals surface area (Å²) in [5.41, 5.74) is 3.58. The average Bonchev–Trinajstić information content (AvgIpc) is 3.08. The fraction of sp³-hybridized carbons (Fsp3) is 0.286. The van der Waals surface area contributed by atoms with Crippen LogP contribution in [0.25, 0.3) is 0 Å². The van der Waals surface area contributed by atoms with Gasteiger partial charge in [0.2, 0.25) is 5.91 Å². The van der Waals surface area contributed by atoms with E-state index in [4.69, 9.17) is 0 Å². The molecule has 1 heterocycles. The normalized spacial score (nSPS) is 10.7. The Kier molecular flexibility index (Phi) is 6.65. The van der Waals surface area contributed by atoms with Gasteiger partial charge in [0.05, 0.1) is 13.1 Å². The number of carbonyl (C=O) groups is 1. The van der Waals surface area contributed by atoms with Gasteiger partial charge in [-0.15, -0.1) is 10.2 Å². The number of rotatable bonds is 8. The van der Waals surface area contributed by atoms with Crippen molar-refractivity contribution in [3.63, 3.8) is 0 Å². The van der Waals surface area contributed by atoms with Crippen molar-refractivity contribution in [2.24, 2.45) is 0 Å². The van der Waals surface area contributed by atoms with Crippen LogP contribution >= 0.6 is 11.8 Å². The van der Waals surface area contributed by atoms with Crippen LogP contribution in [0.4, 0.5) is 0 Å². The van der Waals surface area contributed by atoms with E-state index in [1.165, 1.54) is 16.7 Å². The van der Waals surface area contributed by atoms with Crippen LogP contribution in [0.15, 0.2) is 59.8 Å². The van der Waals surface area contributed by atoms with Crippen molar-refractivity contribution in [2.75, 3.05) is 6.26 Å². The number of nitrogens with one attached hydrogen (secondary N) is 1. The molecule has 6 heteroatoms. The van der Waals surface area contributed by atoms with Gasteiger partial charge in [-0.25, -0.2) is 0 Å². The lowest BCUT2D eigenvalue weighted by atomic mass is 10.1. The van der Waals surface area contributed by atoms with Crippen LogP contribution in [0.2, 0.25) is 0 Å². The number of carbonyl (C=O) groups excluding carboxylic acids is 1. The Morgan fingerprint density at radius 2 is 1.78 bits per heavy atom. The van der Waals surface area contributed by atoms with Gasteiger partial charge in [-0.1, -0.05) is 71.9 Å². The van der Waals surface area contributed by atoms with Gasteiger partial charge in [-0.3, -0.25) is 4.79 Å². The van der Waals surface area contributed by atoms with Crippen LogP contribution in [-0.2, 0) is 24.3 Å². The molecule has 0 saturated carbocycles. The van der Waals surface area contributed by atoms with Crippen LogP contribution in [0, 0.1) is 6.92 Å². The summed E-state index contributed by atoms with van der Waals surface area (Å²) in [6.45, 7) is 3.14. The molecule has 1 aromatic heterocycles. The minimum Gasteiger partial charge on any atom is -0.349 e. The number of benzene rings is 2. The summed E-state index contributed by atoms with van der Waals surface area (Å²) >= 11 is 1.56.